The van der Waals surface area contributed by atoms with E-state index in [0.29, 0.717) is 6.61 Å². The molecule has 0 amide bonds. The number of hydrogen-bond acceptors (Lipinski definition) is 4. The van der Waals surface area contributed by atoms with Gasteiger partial charge in [-0.15, -0.1) is 0 Å². The lowest BCUT2D eigenvalue weighted by Gasteiger charge is -2.03. The third-order valence-corrected chi connectivity index (χ3v) is 3.57. The number of nitrogens with zero attached hydrogens (tertiary/aromatic N) is 2. The number of hydrogen-bond donors (Lipinski definition) is 0. The molecule has 2 aliphatic rings. The van der Waals surface area contributed by atoms with E-state index in [-0.39, 0.29) is 6.04 Å². The first-order valence-corrected chi connectivity index (χ1v) is 7.32. The number of benzene rings is 1. The molecule has 1 aromatic rings. The smallest absolute Gasteiger partial charge is 0.184 e. The molecule has 1 aromatic carbocycles. The maximum Gasteiger partial charge on any atom is 0.184 e. The molecular weight excluding hydrogens is 252 g/mol. The Morgan fingerprint density at radius 3 is 2.55 bits per heavy atom. The topological polar surface area (TPSA) is 43.2 Å². The van der Waals surface area contributed by atoms with Gasteiger partial charge in [-0.25, -0.2) is 4.99 Å². The standard InChI is InChI=1S/C16H20N2O2/c1-2-6-13(7-3-1)14-12-20-16(18-14)9-5-4-8-15-17-10-11-19-15/h1-3,6-7,14H,4-5,8-12H2. The number of unbranched alkanes of at least 4 members (excludes halogenated alkanes) is 1. The Kier molecular flexibility index (Phi) is 4.31. The highest BCUT2D eigenvalue weighted by molar-refractivity contribution is 5.78. The highest BCUT2D eigenvalue weighted by Gasteiger charge is 2.19. The summed E-state index contributed by atoms with van der Waals surface area (Å²) in [5.41, 5.74) is 1.23. The van der Waals surface area contributed by atoms with Crippen LogP contribution in [0.4, 0.5) is 0 Å². The molecule has 0 aliphatic carbocycles. The van der Waals surface area contributed by atoms with Crippen molar-refractivity contribution in [3.63, 3.8) is 0 Å². The first-order chi connectivity index (χ1) is 9.92. The molecular formula is C16H20N2O2. The van der Waals surface area contributed by atoms with Crippen molar-refractivity contribution < 1.29 is 9.47 Å². The molecule has 0 fully saturated rings. The fraction of sp³-hybridized carbons (Fsp3) is 0.500. The molecule has 0 saturated heterocycles. The molecule has 1 unspecified atom stereocenters. The third-order valence-electron chi connectivity index (χ3n) is 3.57. The predicted molar refractivity (Wildman–Crippen MR) is 79.3 cm³/mol. The van der Waals surface area contributed by atoms with Crippen LogP contribution in [-0.2, 0) is 9.47 Å². The predicted octanol–water partition coefficient (Wildman–Crippen LogP) is 3.15. The number of aliphatic imine (C=N–C) groups is 2. The average molecular weight is 272 g/mol. The fourth-order valence-electron chi connectivity index (χ4n) is 2.49. The van der Waals surface area contributed by atoms with E-state index in [4.69, 9.17) is 9.47 Å². The van der Waals surface area contributed by atoms with E-state index in [0.717, 1.165) is 50.6 Å². The highest BCUT2D eigenvalue weighted by atomic mass is 16.5. The Morgan fingerprint density at radius 1 is 1.00 bits per heavy atom. The zero-order valence-electron chi connectivity index (χ0n) is 11.6. The maximum atomic E-state index is 5.68. The summed E-state index contributed by atoms with van der Waals surface area (Å²) in [6.07, 6.45) is 4.01. The first-order valence-electron chi connectivity index (χ1n) is 7.32. The van der Waals surface area contributed by atoms with Crippen molar-refractivity contribution in [1.82, 2.24) is 0 Å². The van der Waals surface area contributed by atoms with Crippen molar-refractivity contribution in [2.45, 2.75) is 31.7 Å². The summed E-state index contributed by atoms with van der Waals surface area (Å²) >= 11 is 0. The van der Waals surface area contributed by atoms with Crippen LogP contribution in [0.15, 0.2) is 40.3 Å². The van der Waals surface area contributed by atoms with E-state index in [2.05, 4.69) is 22.1 Å². The second-order valence-electron chi connectivity index (χ2n) is 5.09. The van der Waals surface area contributed by atoms with Gasteiger partial charge in [-0.05, 0) is 18.4 Å². The molecule has 3 rings (SSSR count). The summed E-state index contributed by atoms with van der Waals surface area (Å²) < 4.78 is 11.1. The van der Waals surface area contributed by atoms with Gasteiger partial charge in [0.05, 0.1) is 6.54 Å². The van der Waals surface area contributed by atoms with Crippen LogP contribution in [0, 0.1) is 0 Å². The molecule has 0 N–H and O–H groups in total. The van der Waals surface area contributed by atoms with Crippen molar-refractivity contribution in [2.75, 3.05) is 19.8 Å². The van der Waals surface area contributed by atoms with Crippen molar-refractivity contribution in [1.29, 1.82) is 0 Å². The molecule has 0 spiro atoms. The van der Waals surface area contributed by atoms with E-state index >= 15 is 0 Å². The Balaban J connectivity index is 1.42. The summed E-state index contributed by atoms with van der Waals surface area (Å²) in [5.74, 6) is 1.81. The van der Waals surface area contributed by atoms with Crippen LogP contribution < -0.4 is 0 Å². The van der Waals surface area contributed by atoms with Gasteiger partial charge in [0.2, 0.25) is 0 Å². The lowest BCUT2D eigenvalue weighted by atomic mass is 10.1. The van der Waals surface area contributed by atoms with E-state index in [9.17, 15) is 0 Å². The van der Waals surface area contributed by atoms with Gasteiger partial charge in [0.1, 0.15) is 19.3 Å². The lowest BCUT2D eigenvalue weighted by molar-refractivity contribution is 0.310. The van der Waals surface area contributed by atoms with Gasteiger partial charge in [0, 0.05) is 12.8 Å². The zero-order chi connectivity index (χ0) is 13.6. The minimum absolute atomic E-state index is 0.175. The Hall–Kier alpha value is -1.84. The molecule has 0 bridgehead atoms. The van der Waals surface area contributed by atoms with Gasteiger partial charge in [0.25, 0.3) is 0 Å². The molecule has 0 radical (unpaired) electrons. The summed E-state index contributed by atoms with van der Waals surface area (Å²) in [6, 6.07) is 10.5. The van der Waals surface area contributed by atoms with Crippen LogP contribution in [-0.4, -0.2) is 31.6 Å². The normalized spacial score (nSPS) is 21.1. The van der Waals surface area contributed by atoms with E-state index in [1.807, 2.05) is 18.2 Å². The molecule has 1 atom stereocenters. The molecule has 4 heteroatoms. The van der Waals surface area contributed by atoms with Crippen LogP contribution >= 0.6 is 0 Å². The van der Waals surface area contributed by atoms with Crippen molar-refractivity contribution in [3.8, 4) is 0 Å². The minimum Gasteiger partial charge on any atom is -0.479 e. The molecule has 2 heterocycles. The number of ether oxygens (including phenoxy) is 2. The van der Waals surface area contributed by atoms with Crippen LogP contribution in [0.3, 0.4) is 0 Å². The quantitative estimate of drug-likeness (QED) is 0.747. The molecule has 106 valence electrons. The molecule has 2 aliphatic heterocycles. The molecule has 0 aromatic heterocycles. The molecule has 4 nitrogen and oxygen atoms in total. The van der Waals surface area contributed by atoms with E-state index in [1.165, 1.54) is 5.56 Å². The molecule has 0 saturated carbocycles. The highest BCUT2D eigenvalue weighted by Crippen LogP contribution is 2.24. The van der Waals surface area contributed by atoms with Gasteiger partial charge in [-0.2, -0.15) is 0 Å². The summed E-state index contributed by atoms with van der Waals surface area (Å²) in [5, 5.41) is 0. The summed E-state index contributed by atoms with van der Waals surface area (Å²) in [7, 11) is 0. The van der Waals surface area contributed by atoms with Crippen molar-refractivity contribution in [3.05, 3.63) is 35.9 Å². The van der Waals surface area contributed by atoms with Gasteiger partial charge < -0.3 is 9.47 Å². The van der Waals surface area contributed by atoms with Crippen LogP contribution in [0.1, 0.15) is 37.3 Å². The van der Waals surface area contributed by atoms with Gasteiger partial charge in [-0.3, -0.25) is 4.99 Å². The first kappa shape index (κ1) is 13.2. The largest absolute Gasteiger partial charge is 0.479 e. The summed E-state index contributed by atoms with van der Waals surface area (Å²) in [6.45, 7) is 2.25. The number of rotatable bonds is 6. The Bertz CT molecular complexity index is 496. The average Bonchev–Trinajstić information content (AvgIpc) is 3.16. The summed E-state index contributed by atoms with van der Waals surface area (Å²) in [4.78, 5) is 8.95. The monoisotopic (exact) mass is 272 g/mol. The van der Waals surface area contributed by atoms with E-state index < -0.39 is 0 Å². The third kappa shape index (κ3) is 3.38. The Labute approximate surface area is 119 Å². The fourth-order valence-corrected chi connectivity index (χ4v) is 2.49. The zero-order valence-corrected chi connectivity index (χ0v) is 11.6. The van der Waals surface area contributed by atoms with E-state index in [1.54, 1.807) is 0 Å². The second kappa shape index (κ2) is 6.55. The van der Waals surface area contributed by atoms with Crippen molar-refractivity contribution >= 4 is 11.8 Å². The van der Waals surface area contributed by atoms with Crippen molar-refractivity contribution in [2.24, 2.45) is 9.98 Å². The minimum atomic E-state index is 0.175. The van der Waals surface area contributed by atoms with Gasteiger partial charge >= 0.3 is 0 Å². The maximum absolute atomic E-state index is 5.68. The second-order valence-corrected chi connectivity index (χ2v) is 5.09. The van der Waals surface area contributed by atoms with Crippen LogP contribution in [0.5, 0.6) is 0 Å². The van der Waals surface area contributed by atoms with Crippen LogP contribution in [0.25, 0.3) is 0 Å². The lowest BCUT2D eigenvalue weighted by Crippen LogP contribution is -2.01. The Morgan fingerprint density at radius 2 is 1.80 bits per heavy atom. The van der Waals surface area contributed by atoms with Crippen LogP contribution in [0.2, 0.25) is 0 Å². The van der Waals surface area contributed by atoms with Gasteiger partial charge in [-0.1, -0.05) is 30.3 Å². The van der Waals surface area contributed by atoms with Gasteiger partial charge in [0.15, 0.2) is 11.8 Å². The molecule has 20 heavy (non-hydrogen) atoms. The SMILES string of the molecule is c1ccc(C2COC(CCCCC3=NCCO3)=N2)cc1.